The maximum absolute atomic E-state index is 11.5. The average Bonchev–Trinajstić information content (AvgIpc) is 2.34. The quantitative estimate of drug-likeness (QED) is 0.668. The Balaban J connectivity index is 2.32. The van der Waals surface area contributed by atoms with Gasteiger partial charge in [-0.25, -0.2) is 4.79 Å². The lowest BCUT2D eigenvalue weighted by molar-refractivity contribution is 0.222. The van der Waals surface area contributed by atoms with Gasteiger partial charge in [-0.15, -0.1) is 0 Å². The van der Waals surface area contributed by atoms with Gasteiger partial charge in [-0.1, -0.05) is 26.2 Å². The van der Waals surface area contributed by atoms with Crippen LogP contribution in [0.5, 0.6) is 0 Å². The van der Waals surface area contributed by atoms with Crippen LogP contribution in [0, 0.1) is 5.92 Å². The van der Waals surface area contributed by atoms with Crippen molar-refractivity contribution in [2.45, 2.75) is 51.5 Å². The number of nitrogens with two attached hydrogens (primary N) is 1. The van der Waals surface area contributed by atoms with Crippen LogP contribution >= 0.6 is 0 Å². The minimum absolute atomic E-state index is 0.0668. The molecule has 0 aromatic carbocycles. The monoisotopic (exact) mass is 227 g/mol. The highest BCUT2D eigenvalue weighted by Crippen LogP contribution is 2.26. The first-order chi connectivity index (χ1) is 7.77. The highest BCUT2D eigenvalue weighted by atomic mass is 16.2. The van der Waals surface area contributed by atoms with Gasteiger partial charge in [0.2, 0.25) is 0 Å². The fraction of sp³-hybridized carbons (Fsp3) is 0.917. The van der Waals surface area contributed by atoms with Gasteiger partial charge in [-0.2, -0.15) is 0 Å². The summed E-state index contributed by atoms with van der Waals surface area (Å²) in [5.74, 6) is 0.575. The summed E-state index contributed by atoms with van der Waals surface area (Å²) in [6.45, 7) is 3.32. The molecule has 1 rings (SSSR count). The van der Waals surface area contributed by atoms with Crippen LogP contribution in [0.4, 0.5) is 4.79 Å². The van der Waals surface area contributed by atoms with Crippen molar-refractivity contribution < 1.29 is 4.79 Å². The molecule has 94 valence electrons. The summed E-state index contributed by atoms with van der Waals surface area (Å²) in [6, 6.07) is 0.0834. The lowest BCUT2D eigenvalue weighted by atomic mass is 9.84. The fourth-order valence-corrected chi connectivity index (χ4v) is 2.36. The van der Waals surface area contributed by atoms with Gasteiger partial charge in [0.15, 0.2) is 0 Å². The normalized spacial score (nSPS) is 19.1. The molecule has 16 heavy (non-hydrogen) atoms. The topological polar surface area (TPSA) is 67.2 Å². The SMILES string of the molecule is CCCNC(=O)NC(CN)C1CCCCC1. The van der Waals surface area contributed by atoms with Crippen molar-refractivity contribution in [2.75, 3.05) is 13.1 Å². The van der Waals surface area contributed by atoms with E-state index in [2.05, 4.69) is 10.6 Å². The van der Waals surface area contributed by atoms with Gasteiger partial charge < -0.3 is 16.4 Å². The second-order valence-corrected chi connectivity index (χ2v) is 4.64. The Morgan fingerprint density at radius 1 is 1.38 bits per heavy atom. The number of carbonyl (C=O) groups is 1. The van der Waals surface area contributed by atoms with Gasteiger partial charge in [-0.3, -0.25) is 0 Å². The maximum atomic E-state index is 11.5. The lowest BCUT2D eigenvalue weighted by Gasteiger charge is -2.30. The van der Waals surface area contributed by atoms with Crippen LogP contribution in [-0.2, 0) is 0 Å². The summed E-state index contributed by atoms with van der Waals surface area (Å²) in [5.41, 5.74) is 5.74. The van der Waals surface area contributed by atoms with Crippen molar-refractivity contribution >= 4 is 6.03 Å². The Morgan fingerprint density at radius 3 is 2.62 bits per heavy atom. The molecule has 4 nitrogen and oxygen atoms in total. The molecule has 0 aliphatic heterocycles. The van der Waals surface area contributed by atoms with Gasteiger partial charge in [-0.05, 0) is 25.2 Å². The molecule has 0 bridgehead atoms. The van der Waals surface area contributed by atoms with Crippen LogP contribution in [0.15, 0.2) is 0 Å². The summed E-state index contributed by atoms with van der Waals surface area (Å²) in [4.78, 5) is 11.5. The summed E-state index contributed by atoms with van der Waals surface area (Å²) in [6.07, 6.45) is 7.25. The third kappa shape index (κ3) is 4.39. The molecule has 4 N–H and O–H groups in total. The van der Waals surface area contributed by atoms with E-state index in [0.717, 1.165) is 13.0 Å². The molecule has 0 radical (unpaired) electrons. The summed E-state index contributed by atoms with van der Waals surface area (Å²) >= 11 is 0. The molecule has 1 aliphatic rings. The minimum Gasteiger partial charge on any atom is -0.338 e. The first-order valence-electron chi connectivity index (χ1n) is 6.52. The molecular formula is C12H25N3O. The molecule has 1 fully saturated rings. The van der Waals surface area contributed by atoms with E-state index in [1.165, 1.54) is 32.1 Å². The standard InChI is InChI=1S/C12H25N3O/c1-2-8-14-12(16)15-11(9-13)10-6-4-3-5-7-10/h10-11H,2-9,13H2,1H3,(H2,14,15,16). The van der Waals surface area contributed by atoms with Gasteiger partial charge in [0.1, 0.15) is 0 Å². The maximum Gasteiger partial charge on any atom is 0.315 e. The van der Waals surface area contributed by atoms with E-state index >= 15 is 0 Å². The number of carbonyl (C=O) groups excluding carboxylic acids is 1. The third-order valence-electron chi connectivity index (χ3n) is 3.32. The van der Waals surface area contributed by atoms with Crippen LogP contribution in [0.3, 0.4) is 0 Å². The molecule has 0 aromatic rings. The molecule has 4 heteroatoms. The van der Waals surface area contributed by atoms with Gasteiger partial charge in [0, 0.05) is 19.1 Å². The van der Waals surface area contributed by atoms with E-state index in [4.69, 9.17) is 5.73 Å². The molecule has 0 heterocycles. The van der Waals surface area contributed by atoms with Crippen molar-refractivity contribution in [2.24, 2.45) is 11.7 Å². The predicted molar refractivity (Wildman–Crippen MR) is 66.2 cm³/mol. The molecule has 1 atom stereocenters. The number of hydrogen-bond acceptors (Lipinski definition) is 2. The number of urea groups is 1. The molecule has 1 unspecified atom stereocenters. The molecule has 0 saturated heterocycles. The molecule has 1 saturated carbocycles. The zero-order chi connectivity index (χ0) is 11.8. The Morgan fingerprint density at radius 2 is 2.06 bits per heavy atom. The second kappa shape index (κ2) is 7.49. The van der Waals surface area contributed by atoms with Crippen LogP contribution in [0.2, 0.25) is 0 Å². The highest BCUT2D eigenvalue weighted by Gasteiger charge is 2.23. The molecule has 0 aromatic heterocycles. The van der Waals surface area contributed by atoms with Crippen molar-refractivity contribution in [3.8, 4) is 0 Å². The van der Waals surface area contributed by atoms with Gasteiger partial charge in [0.05, 0.1) is 0 Å². The largest absolute Gasteiger partial charge is 0.338 e. The van der Waals surface area contributed by atoms with Crippen molar-refractivity contribution in [3.63, 3.8) is 0 Å². The second-order valence-electron chi connectivity index (χ2n) is 4.64. The predicted octanol–water partition coefficient (Wildman–Crippen LogP) is 1.60. The molecular weight excluding hydrogens is 202 g/mol. The summed E-state index contributed by atoms with van der Waals surface area (Å²) in [5, 5.41) is 5.83. The van der Waals surface area contributed by atoms with E-state index in [1.807, 2.05) is 6.92 Å². The molecule has 2 amide bonds. The number of rotatable bonds is 5. The summed E-state index contributed by atoms with van der Waals surface area (Å²) in [7, 11) is 0. The first-order valence-corrected chi connectivity index (χ1v) is 6.52. The smallest absolute Gasteiger partial charge is 0.315 e. The number of amides is 2. The Labute approximate surface area is 98.3 Å². The highest BCUT2D eigenvalue weighted by molar-refractivity contribution is 5.74. The Kier molecular flexibility index (Phi) is 6.23. The lowest BCUT2D eigenvalue weighted by Crippen LogP contribution is -2.49. The van der Waals surface area contributed by atoms with Crippen molar-refractivity contribution in [1.82, 2.24) is 10.6 Å². The van der Waals surface area contributed by atoms with E-state index < -0.39 is 0 Å². The van der Waals surface area contributed by atoms with Crippen LogP contribution in [0.25, 0.3) is 0 Å². The Hall–Kier alpha value is -0.770. The first kappa shape index (κ1) is 13.3. The molecule has 0 spiro atoms. The van der Waals surface area contributed by atoms with E-state index in [9.17, 15) is 4.79 Å². The molecule has 1 aliphatic carbocycles. The van der Waals surface area contributed by atoms with Crippen LogP contribution in [0.1, 0.15) is 45.4 Å². The van der Waals surface area contributed by atoms with Gasteiger partial charge in [0.25, 0.3) is 0 Å². The van der Waals surface area contributed by atoms with E-state index in [0.29, 0.717) is 12.5 Å². The zero-order valence-electron chi connectivity index (χ0n) is 10.3. The van der Waals surface area contributed by atoms with Crippen LogP contribution in [-0.4, -0.2) is 25.2 Å². The van der Waals surface area contributed by atoms with E-state index in [-0.39, 0.29) is 12.1 Å². The Bertz CT molecular complexity index is 202. The minimum atomic E-state index is -0.0668. The van der Waals surface area contributed by atoms with E-state index in [1.54, 1.807) is 0 Å². The van der Waals surface area contributed by atoms with Gasteiger partial charge >= 0.3 is 6.03 Å². The van der Waals surface area contributed by atoms with Crippen LogP contribution < -0.4 is 16.4 Å². The van der Waals surface area contributed by atoms with Crippen molar-refractivity contribution in [1.29, 1.82) is 0 Å². The summed E-state index contributed by atoms with van der Waals surface area (Å²) < 4.78 is 0. The van der Waals surface area contributed by atoms with Crippen molar-refractivity contribution in [3.05, 3.63) is 0 Å². The third-order valence-corrected chi connectivity index (χ3v) is 3.32. The fourth-order valence-electron chi connectivity index (χ4n) is 2.36. The number of nitrogens with one attached hydrogen (secondary N) is 2. The zero-order valence-corrected chi connectivity index (χ0v) is 10.3. The number of hydrogen-bond donors (Lipinski definition) is 3. The average molecular weight is 227 g/mol.